The first-order valence-electron chi connectivity index (χ1n) is 16.5. The second-order valence-corrected chi connectivity index (χ2v) is 20.5. The first kappa shape index (κ1) is 33.7. The zero-order valence-electron chi connectivity index (χ0n) is 28.6. The van der Waals surface area contributed by atoms with Crippen molar-refractivity contribution in [3.05, 3.63) is 71.0 Å². The molecule has 1 amide bonds. The molecule has 0 saturated carbocycles. The van der Waals surface area contributed by atoms with E-state index in [1.807, 2.05) is 56.4 Å². The van der Waals surface area contributed by atoms with Crippen molar-refractivity contribution in [2.75, 3.05) is 18.5 Å². The summed E-state index contributed by atoms with van der Waals surface area (Å²) in [4.78, 5) is 29.6. The Hall–Kier alpha value is -4.20. The lowest BCUT2D eigenvalue weighted by atomic mass is 10.00. The zero-order valence-corrected chi connectivity index (χ0v) is 30.4. The summed E-state index contributed by atoms with van der Waals surface area (Å²) in [6.45, 7) is 14.9. The van der Waals surface area contributed by atoms with Crippen LogP contribution in [0.3, 0.4) is 0 Å². The molecule has 1 saturated heterocycles. The van der Waals surface area contributed by atoms with Crippen molar-refractivity contribution in [1.82, 2.24) is 34.6 Å². The number of hydrogen-bond donors (Lipinski definition) is 1. The van der Waals surface area contributed by atoms with E-state index in [4.69, 9.17) is 19.4 Å². The number of hydrogen-bond acceptors (Lipinski definition) is 10. The lowest BCUT2D eigenvalue weighted by Crippen LogP contribution is -2.50. The molecule has 6 rings (SSSR count). The molecule has 5 heterocycles. The van der Waals surface area contributed by atoms with Crippen molar-refractivity contribution in [2.24, 2.45) is 0 Å². The standard InChI is InChI=1S/C35H44N8O3SSi/c1-23-18-36-34(37-27-13-12-24(2)43(19-27)35(44)46-21-26-10-8-7-9-11-26)39-31(23)29-20-42(22-45-16-17-48(4,5)6)32-28(29)14-15-30(38-32)33-41-40-25(3)47-33/h7-11,14-15,18,20,24,27H,12-13,16-17,19,21-22H2,1-6H3,(H,36,37,39)/t24-,27-/m1/s1. The number of nitrogens with one attached hydrogen (secondary N) is 1. The molecule has 48 heavy (non-hydrogen) atoms. The van der Waals surface area contributed by atoms with Crippen LogP contribution in [0.2, 0.25) is 25.7 Å². The number of pyridine rings is 1. The summed E-state index contributed by atoms with van der Waals surface area (Å²) >= 11 is 1.53. The van der Waals surface area contributed by atoms with Crippen LogP contribution in [0.15, 0.2) is 54.9 Å². The van der Waals surface area contributed by atoms with E-state index in [9.17, 15) is 4.79 Å². The number of fused-ring (bicyclic) bond motifs is 1. The molecule has 252 valence electrons. The van der Waals surface area contributed by atoms with Crippen LogP contribution in [0.25, 0.3) is 33.0 Å². The van der Waals surface area contributed by atoms with Crippen LogP contribution in [0.5, 0.6) is 0 Å². The first-order chi connectivity index (χ1) is 23.0. The number of aromatic nitrogens is 6. The molecule has 1 aliphatic heterocycles. The van der Waals surface area contributed by atoms with Crippen LogP contribution >= 0.6 is 11.3 Å². The fraction of sp³-hybridized carbons (Fsp3) is 0.429. The van der Waals surface area contributed by atoms with E-state index in [0.717, 1.165) is 68.0 Å². The third-order valence-corrected chi connectivity index (χ3v) is 11.1. The normalized spacial score (nSPS) is 16.8. The molecule has 4 aromatic heterocycles. The summed E-state index contributed by atoms with van der Waals surface area (Å²) in [6.07, 6.45) is 5.36. The molecule has 1 fully saturated rings. The molecule has 1 N–H and O–H groups in total. The van der Waals surface area contributed by atoms with E-state index in [1.165, 1.54) is 11.3 Å². The number of carbonyl (C=O) groups is 1. The predicted octanol–water partition coefficient (Wildman–Crippen LogP) is 7.54. The fourth-order valence-electron chi connectivity index (χ4n) is 5.76. The highest BCUT2D eigenvalue weighted by Gasteiger charge is 2.31. The Morgan fingerprint density at radius 2 is 1.88 bits per heavy atom. The van der Waals surface area contributed by atoms with E-state index in [2.05, 4.69) is 63.9 Å². The van der Waals surface area contributed by atoms with Gasteiger partial charge in [0.1, 0.15) is 29.7 Å². The van der Waals surface area contributed by atoms with E-state index in [0.29, 0.717) is 25.8 Å². The van der Waals surface area contributed by atoms with Gasteiger partial charge >= 0.3 is 6.09 Å². The average Bonchev–Trinajstić information content (AvgIpc) is 3.67. The van der Waals surface area contributed by atoms with Crippen molar-refractivity contribution >= 4 is 42.5 Å². The maximum Gasteiger partial charge on any atom is 0.410 e. The number of benzene rings is 1. The molecule has 2 atom stereocenters. The van der Waals surface area contributed by atoms with Crippen molar-refractivity contribution in [2.45, 2.75) is 84.7 Å². The Labute approximate surface area is 286 Å². The molecular formula is C35H44N8O3SSi. The number of piperidine rings is 1. The first-order valence-corrected chi connectivity index (χ1v) is 21.0. The van der Waals surface area contributed by atoms with Gasteiger partial charge in [0.2, 0.25) is 5.95 Å². The average molecular weight is 685 g/mol. The molecule has 0 bridgehead atoms. The summed E-state index contributed by atoms with van der Waals surface area (Å²) < 4.78 is 13.9. The highest BCUT2D eigenvalue weighted by atomic mass is 32.1. The summed E-state index contributed by atoms with van der Waals surface area (Å²) in [5, 5.41) is 14.7. The Bertz CT molecular complexity index is 1870. The van der Waals surface area contributed by atoms with Gasteiger partial charge in [-0.1, -0.05) is 61.3 Å². The van der Waals surface area contributed by atoms with Crippen LogP contribution in [-0.4, -0.2) is 74.0 Å². The Morgan fingerprint density at radius 1 is 1.06 bits per heavy atom. The lowest BCUT2D eigenvalue weighted by molar-refractivity contribution is 0.0695. The molecule has 13 heteroatoms. The van der Waals surface area contributed by atoms with Gasteiger partial charge in [-0.15, -0.1) is 10.2 Å². The van der Waals surface area contributed by atoms with E-state index in [-0.39, 0.29) is 24.8 Å². The van der Waals surface area contributed by atoms with Gasteiger partial charge in [0, 0.05) is 56.7 Å². The van der Waals surface area contributed by atoms with Crippen LogP contribution < -0.4 is 5.32 Å². The van der Waals surface area contributed by atoms with Crippen molar-refractivity contribution in [1.29, 1.82) is 0 Å². The second-order valence-electron chi connectivity index (χ2n) is 13.7. The fourth-order valence-corrected chi connectivity index (χ4v) is 7.18. The number of anilines is 1. The Balaban J connectivity index is 1.23. The molecule has 0 radical (unpaired) electrons. The summed E-state index contributed by atoms with van der Waals surface area (Å²) in [5.74, 6) is 0.522. The van der Waals surface area contributed by atoms with Gasteiger partial charge in [-0.05, 0) is 62.9 Å². The van der Waals surface area contributed by atoms with E-state index >= 15 is 0 Å². The molecule has 0 unspecified atom stereocenters. The van der Waals surface area contributed by atoms with Crippen molar-refractivity contribution in [3.8, 4) is 22.0 Å². The maximum atomic E-state index is 13.1. The number of amides is 1. The van der Waals surface area contributed by atoms with E-state index < -0.39 is 8.07 Å². The molecule has 0 spiro atoms. The Morgan fingerprint density at radius 3 is 2.62 bits per heavy atom. The SMILES string of the molecule is Cc1nnc(-c2ccc3c(-c4nc(N[C@@H]5CC[C@@H](C)N(C(=O)OCc6ccccc6)C5)ncc4C)cn(COCC[Si](C)(C)C)c3n2)s1. The predicted molar refractivity (Wildman–Crippen MR) is 193 cm³/mol. The van der Waals surface area contributed by atoms with Crippen LogP contribution in [0, 0.1) is 13.8 Å². The third-order valence-electron chi connectivity index (χ3n) is 8.58. The minimum Gasteiger partial charge on any atom is -0.445 e. The molecule has 0 aliphatic carbocycles. The third kappa shape index (κ3) is 8.08. The molecule has 5 aromatic rings. The van der Waals surface area contributed by atoms with Gasteiger partial charge in [0.05, 0.1) is 5.69 Å². The monoisotopic (exact) mass is 684 g/mol. The van der Waals surface area contributed by atoms with Gasteiger partial charge in [-0.25, -0.2) is 19.7 Å². The summed E-state index contributed by atoms with van der Waals surface area (Å²) in [5.41, 5.74) is 5.28. The molecular weight excluding hydrogens is 641 g/mol. The smallest absolute Gasteiger partial charge is 0.410 e. The Kier molecular flexibility index (Phi) is 10.2. The van der Waals surface area contributed by atoms with Crippen molar-refractivity contribution < 1.29 is 14.3 Å². The number of aryl methyl sites for hydroxylation is 2. The van der Waals surface area contributed by atoms with E-state index in [1.54, 1.807) is 4.90 Å². The lowest BCUT2D eigenvalue weighted by Gasteiger charge is -2.37. The largest absolute Gasteiger partial charge is 0.445 e. The van der Waals surface area contributed by atoms with Gasteiger partial charge in [0.15, 0.2) is 5.01 Å². The quantitative estimate of drug-likeness (QED) is 0.111. The number of carbonyl (C=O) groups excluding carboxylic acids is 1. The second kappa shape index (κ2) is 14.5. The number of likely N-dealkylation sites (tertiary alicyclic amines) is 1. The van der Waals surface area contributed by atoms with Gasteiger partial charge in [-0.3, -0.25) is 0 Å². The number of ether oxygens (including phenoxy) is 2. The van der Waals surface area contributed by atoms with Gasteiger partial charge in [0.25, 0.3) is 0 Å². The minimum absolute atomic E-state index is 0.0123. The van der Waals surface area contributed by atoms with Gasteiger partial charge < -0.3 is 24.3 Å². The number of nitrogens with zero attached hydrogens (tertiary/aromatic N) is 7. The van der Waals surface area contributed by atoms with Crippen LogP contribution in [-0.2, 0) is 22.8 Å². The van der Waals surface area contributed by atoms with Crippen LogP contribution in [0.4, 0.5) is 10.7 Å². The highest BCUT2D eigenvalue weighted by Crippen LogP contribution is 2.34. The minimum atomic E-state index is -1.23. The molecule has 1 aliphatic rings. The molecule has 11 nitrogen and oxygen atoms in total. The van der Waals surface area contributed by atoms with Crippen molar-refractivity contribution in [3.63, 3.8) is 0 Å². The highest BCUT2D eigenvalue weighted by molar-refractivity contribution is 7.14. The van der Waals surface area contributed by atoms with Gasteiger partial charge in [-0.2, -0.15) is 0 Å². The molecule has 1 aromatic carbocycles. The summed E-state index contributed by atoms with van der Waals surface area (Å²) in [6, 6.07) is 15.0. The van der Waals surface area contributed by atoms with Crippen LogP contribution in [0.1, 0.15) is 35.9 Å². The topological polar surface area (TPSA) is 120 Å². The maximum absolute atomic E-state index is 13.1. The zero-order chi connectivity index (χ0) is 33.8. The summed E-state index contributed by atoms with van der Waals surface area (Å²) in [7, 11) is -1.23. The number of rotatable bonds is 11.